The predicted molar refractivity (Wildman–Crippen MR) is 404 cm³/mol. The van der Waals surface area contributed by atoms with Crippen molar-refractivity contribution < 1.29 is 100 Å². The lowest BCUT2D eigenvalue weighted by molar-refractivity contribution is -0.144. The second-order valence-electron chi connectivity index (χ2n) is 28.6. The molecule has 5 heterocycles. The lowest BCUT2D eigenvalue weighted by atomic mass is 9.94. The number of hydrogen-bond donors (Lipinski definition) is 15. The van der Waals surface area contributed by atoms with E-state index >= 15 is 4.79 Å². The van der Waals surface area contributed by atoms with Crippen molar-refractivity contribution in [2.45, 2.75) is 178 Å². The Morgan fingerprint density at radius 1 is 0.708 bits per heavy atom. The van der Waals surface area contributed by atoms with Gasteiger partial charge in [-0.25, -0.2) is 14.4 Å². The highest BCUT2D eigenvalue weighted by molar-refractivity contribution is 7.85. The molecule has 616 valence electrons. The van der Waals surface area contributed by atoms with Crippen molar-refractivity contribution in [1.29, 1.82) is 0 Å². The third-order valence-electron chi connectivity index (χ3n) is 19.7. The van der Waals surface area contributed by atoms with E-state index < -0.39 is 235 Å². The molecule has 0 spiro atoms. The van der Waals surface area contributed by atoms with Crippen LogP contribution in [0.5, 0.6) is 0 Å². The molecule has 0 aliphatic carbocycles. The Bertz CT molecular complexity index is 4100. The van der Waals surface area contributed by atoms with E-state index in [1.807, 2.05) is 0 Å². The zero-order chi connectivity index (χ0) is 83.1. The van der Waals surface area contributed by atoms with Gasteiger partial charge in [0.05, 0.1) is 48.7 Å². The highest BCUT2D eigenvalue weighted by Crippen LogP contribution is 2.29. The van der Waals surface area contributed by atoms with E-state index in [0.29, 0.717) is 42.1 Å². The summed E-state index contributed by atoms with van der Waals surface area (Å²) >= 11 is 0. The predicted octanol–water partition coefficient (Wildman–Crippen LogP) is -2.76. The number of aromatic amines is 1. The van der Waals surface area contributed by atoms with E-state index in [1.165, 1.54) is 52.2 Å². The Hall–Kier alpha value is -11.6. The minimum atomic E-state index is -2.39. The molecule has 4 aliphatic rings. The lowest BCUT2D eigenvalue weighted by Crippen LogP contribution is -2.62. The Morgan fingerprint density at radius 3 is 2.01 bits per heavy atom. The van der Waals surface area contributed by atoms with Gasteiger partial charge in [0.15, 0.2) is 0 Å². The summed E-state index contributed by atoms with van der Waals surface area (Å²) in [6.07, 6.45) is -2.16. The number of imide groups is 1. The summed E-state index contributed by atoms with van der Waals surface area (Å²) in [4.78, 5) is 239. The summed E-state index contributed by atoms with van der Waals surface area (Å²) in [5.74, 6) is -14.9. The minimum Gasteiger partial charge on any atom is -0.445 e. The molecule has 40 heteroatoms. The van der Waals surface area contributed by atoms with Crippen molar-refractivity contribution >= 4 is 128 Å². The van der Waals surface area contributed by atoms with Crippen molar-refractivity contribution in [3.63, 3.8) is 0 Å². The summed E-state index contributed by atoms with van der Waals surface area (Å²) in [6, 6.07) is -0.674. The van der Waals surface area contributed by atoms with Crippen molar-refractivity contribution in [3.05, 3.63) is 71.8 Å². The average Bonchev–Trinajstić information content (AvgIpc) is 1.69. The Balaban J connectivity index is 1.03. The number of H-pyrrole nitrogens is 1. The zero-order valence-electron chi connectivity index (χ0n) is 64.2. The van der Waals surface area contributed by atoms with E-state index in [9.17, 15) is 86.0 Å². The first-order chi connectivity index (χ1) is 53.5. The smallest absolute Gasteiger partial charge is 0.409 e. The van der Waals surface area contributed by atoms with Crippen LogP contribution in [0.1, 0.15) is 110 Å². The molecule has 1 aromatic heterocycles. The van der Waals surface area contributed by atoms with Crippen LogP contribution in [0.3, 0.4) is 0 Å². The van der Waals surface area contributed by atoms with Gasteiger partial charge in [-0.05, 0) is 73.8 Å². The van der Waals surface area contributed by atoms with Crippen LogP contribution < -0.4 is 70.0 Å². The number of primary amides is 2. The topological polar surface area (TPSA) is 559 Å². The van der Waals surface area contributed by atoms with Gasteiger partial charge < -0.3 is 104 Å². The third kappa shape index (κ3) is 25.5. The highest BCUT2D eigenvalue weighted by atomic mass is 32.2. The molecule has 17 N–H and O–H groups in total. The number of para-hydroxylation sites is 1. The number of fused-ring (bicyclic) bond motifs is 5. The largest absolute Gasteiger partial charge is 0.445 e. The molecule has 13 atom stereocenters. The Kier molecular flexibility index (Phi) is 32.6. The number of nitrogens with two attached hydrogens (primary N) is 2. The molecular weight excluding hydrogens is 1500 g/mol. The van der Waals surface area contributed by atoms with Crippen molar-refractivity contribution in [3.8, 4) is 0 Å². The fourth-order valence-corrected chi connectivity index (χ4v) is 14.1. The summed E-state index contributed by atoms with van der Waals surface area (Å²) in [6.45, 7) is 6.95. The molecule has 1 fully saturated rings. The van der Waals surface area contributed by atoms with E-state index in [-0.39, 0.29) is 68.3 Å². The van der Waals surface area contributed by atoms with Crippen molar-refractivity contribution in [1.82, 2.24) is 77.8 Å². The molecule has 113 heavy (non-hydrogen) atoms. The van der Waals surface area contributed by atoms with Gasteiger partial charge in [0.2, 0.25) is 70.9 Å². The molecular formula is C73H102N18O21S. The molecule has 39 nitrogen and oxygen atoms in total. The summed E-state index contributed by atoms with van der Waals surface area (Å²) in [5.41, 5.74) is 12.2. The molecule has 1 saturated heterocycles. The molecule has 18 amide bonds. The van der Waals surface area contributed by atoms with Crippen LogP contribution in [0.25, 0.3) is 10.9 Å². The molecule has 3 aromatic rings. The number of anilines is 1. The number of carbonyl (C=O) groups excluding carboxylic acids is 17. The van der Waals surface area contributed by atoms with Crippen LogP contribution >= 0.6 is 0 Å². The number of urea groups is 1. The normalized spacial score (nSPS) is 22.1. The number of nitrogens with one attached hydrogen (secondary N) is 12. The van der Waals surface area contributed by atoms with Crippen molar-refractivity contribution in [2.24, 2.45) is 29.2 Å². The monoisotopic (exact) mass is 1600 g/mol. The number of aliphatic hydroxyl groups excluding tert-OH is 1. The van der Waals surface area contributed by atoms with Crippen LogP contribution in [0.4, 0.5) is 20.1 Å². The van der Waals surface area contributed by atoms with E-state index in [1.54, 1.807) is 64.1 Å². The number of ether oxygens (including phenoxy) is 2. The second kappa shape index (κ2) is 41.6. The molecule has 0 radical (unpaired) electrons. The number of aliphatic hydroxyl groups is 1. The standard InChI is InChI=1S/C73H102N18O21S/c1-9-39(4)60-66(103)78-33-55(95)80-51-37-113(110)69-46(45-16-12-13-17-47(45)84-69)31-49(62(99)77-34-56(96)86-60)82-68(105)61(40(5)41(6)92)87-65(102)52-30-44(35-91(52)70(106)50(32-53(74)93)83-64(51)101)112-73(109)89(8)29-28-88(7)72(108)111-36-42-20-22-43(23-21-42)79-63(100)48(18-15-26-76-71(75)107)81-67(104)59(38(2)3)85-54(94)19-11-10-14-27-90-57(97)24-25-58(90)98/h12-13,16-17,20-25,38-41,44,48-52,59-61,84,92H,9-11,14-15,18-19,26-37H2,1-8H3,(H2,74,93)(H,77,99)(H,78,103)(H,79,100)(H,80,95)(H,81,104)(H,82,105)(H,83,101)(H,85,94)(H,86,96)(H,87,102)(H3,75,76,107)/t39-,40-,41-,44+,48-,49-,50-,51-,52?,59-,60-,61-,113?/m0/s1. The first-order valence-electron chi connectivity index (χ1n) is 37.2. The van der Waals surface area contributed by atoms with Gasteiger partial charge in [-0.15, -0.1) is 0 Å². The maximum Gasteiger partial charge on any atom is 0.409 e. The number of carbonyl (C=O) groups is 17. The average molecular weight is 1600 g/mol. The first-order valence-corrected chi connectivity index (χ1v) is 38.5. The molecule has 4 aliphatic heterocycles. The van der Waals surface area contributed by atoms with Gasteiger partial charge in [-0.1, -0.05) is 77.8 Å². The minimum absolute atomic E-state index is 0.0359. The van der Waals surface area contributed by atoms with Crippen molar-refractivity contribution in [2.75, 3.05) is 71.0 Å². The summed E-state index contributed by atoms with van der Waals surface area (Å²) in [7, 11) is 0.303. The molecule has 7 rings (SSSR count). The Morgan fingerprint density at radius 2 is 1.36 bits per heavy atom. The summed E-state index contributed by atoms with van der Waals surface area (Å²) in [5, 5.41) is 39.5. The number of amides is 18. The second-order valence-corrected chi connectivity index (χ2v) is 30.1. The Labute approximate surface area is 653 Å². The number of benzene rings is 2. The van der Waals surface area contributed by atoms with Gasteiger partial charge in [0, 0.05) is 94.2 Å². The van der Waals surface area contributed by atoms with Crippen LogP contribution in [0, 0.1) is 17.8 Å². The van der Waals surface area contributed by atoms with E-state index in [2.05, 4.69) is 63.5 Å². The number of nitrogens with zero attached hydrogens (tertiary/aromatic N) is 4. The molecule has 2 bridgehead atoms. The molecule has 2 aromatic carbocycles. The van der Waals surface area contributed by atoms with Gasteiger partial charge in [-0.2, -0.15) is 0 Å². The number of unbranched alkanes of at least 4 members (excludes halogenated alkanes) is 2. The maximum absolute atomic E-state index is 15.1. The fraction of sp³-hybridized carbons (Fsp3) is 0.548. The van der Waals surface area contributed by atoms with Gasteiger partial charge in [0.25, 0.3) is 11.8 Å². The zero-order valence-corrected chi connectivity index (χ0v) is 65.0. The fourth-order valence-electron chi connectivity index (χ4n) is 12.7. The summed E-state index contributed by atoms with van der Waals surface area (Å²) < 4.78 is 26.3. The van der Waals surface area contributed by atoms with Crippen LogP contribution in [0.2, 0.25) is 0 Å². The third-order valence-corrected chi connectivity index (χ3v) is 21.1. The van der Waals surface area contributed by atoms with E-state index in [0.717, 1.165) is 19.6 Å². The number of rotatable bonds is 28. The SMILES string of the molecule is CC[C@H](C)[C@@H]1NC(=O)CNC(=O)[C@@H]2Cc3c([nH]c4ccccc34)S(=O)C[C@H](NC(=O)CNC1=O)C(=O)N[C@@H](CC(N)=O)C(=O)N1C[C@H](OC(=O)N(C)CCN(C)C(=O)OCc3ccc(NC(=O)[C@H](CCCNC(N)=O)NC(=O)[C@@H](NC(=O)CCCCCN4C(=O)C=CC4=O)C(C)C)cc3)CC1C(=O)N[C@@H]([C@@H](C)[C@H](C)O)C(=O)N2. The van der Waals surface area contributed by atoms with Gasteiger partial charge >= 0.3 is 18.2 Å². The lowest BCUT2D eigenvalue weighted by Gasteiger charge is -2.32. The maximum atomic E-state index is 15.1. The quantitative estimate of drug-likeness (QED) is 0.0259. The van der Waals surface area contributed by atoms with Gasteiger partial charge in [-0.3, -0.25) is 76.2 Å². The van der Waals surface area contributed by atoms with Gasteiger partial charge in [0.1, 0.15) is 66.1 Å². The number of aromatic nitrogens is 1. The molecule has 2 unspecified atom stereocenters. The number of likely N-dealkylation sites (N-methyl/N-ethyl adjacent to an activating group) is 2. The molecule has 0 saturated carbocycles. The highest BCUT2D eigenvalue weighted by Gasteiger charge is 2.47. The van der Waals surface area contributed by atoms with Crippen LogP contribution in [-0.2, 0) is 100 Å². The number of hydrogen-bond acceptors (Lipinski definition) is 21. The van der Waals surface area contributed by atoms with Crippen LogP contribution in [-0.4, -0.2) is 261 Å². The van der Waals surface area contributed by atoms with E-state index in [4.69, 9.17) is 20.9 Å². The van der Waals surface area contributed by atoms with Crippen LogP contribution in [0.15, 0.2) is 65.7 Å². The first kappa shape index (κ1) is 88.6.